The number of aromatic nitrogens is 6. The van der Waals surface area contributed by atoms with Crippen LogP contribution in [0.15, 0.2) is 30.6 Å². The third-order valence-electron chi connectivity index (χ3n) is 5.83. The van der Waals surface area contributed by atoms with Gasteiger partial charge in [0.15, 0.2) is 5.65 Å². The van der Waals surface area contributed by atoms with E-state index in [0.717, 1.165) is 36.8 Å². The Labute approximate surface area is 177 Å². The maximum atomic E-state index is 13.0. The fraction of sp³-hybridized carbons (Fsp3) is 0.429. The van der Waals surface area contributed by atoms with Crippen LogP contribution in [0.3, 0.4) is 0 Å². The van der Waals surface area contributed by atoms with Gasteiger partial charge in [-0.15, -0.1) is 5.10 Å². The lowest BCUT2D eigenvalue weighted by atomic mass is 9.93. The first kappa shape index (κ1) is 19.8. The van der Waals surface area contributed by atoms with Crippen LogP contribution in [0.1, 0.15) is 31.5 Å². The zero-order chi connectivity index (χ0) is 21.5. The second-order valence-corrected chi connectivity index (χ2v) is 7.99. The molecule has 0 bridgehead atoms. The van der Waals surface area contributed by atoms with E-state index < -0.39 is 13.0 Å². The fourth-order valence-electron chi connectivity index (χ4n) is 4.21. The standard InChI is InChI=1S/C21H23F2N7O/c1-12-25-17-7-6-16(27-20(17)29(12)11-19(22)23)15-8-9-30-18(15)10-24-21(28-30)26-13-2-4-14(31)5-3-13/h6-10,13-14,19,31H,2-5,11H2,1H3,(H,26,28)/t13-,14+. The monoisotopic (exact) mass is 427 g/mol. The number of rotatable bonds is 5. The molecule has 0 aliphatic heterocycles. The van der Waals surface area contributed by atoms with E-state index in [1.165, 1.54) is 4.57 Å². The van der Waals surface area contributed by atoms with E-state index in [4.69, 9.17) is 0 Å². The van der Waals surface area contributed by atoms with Crippen molar-refractivity contribution in [2.24, 2.45) is 0 Å². The minimum absolute atomic E-state index is 0.209. The number of nitrogens with one attached hydrogen (secondary N) is 1. The molecule has 0 spiro atoms. The van der Waals surface area contributed by atoms with Crippen LogP contribution in [0.2, 0.25) is 0 Å². The van der Waals surface area contributed by atoms with Crippen LogP contribution in [0.25, 0.3) is 27.9 Å². The molecule has 0 aromatic carbocycles. The Hall–Kier alpha value is -3.14. The Morgan fingerprint density at radius 2 is 1.97 bits per heavy atom. The van der Waals surface area contributed by atoms with Gasteiger partial charge in [-0.2, -0.15) is 0 Å². The molecule has 4 heterocycles. The lowest BCUT2D eigenvalue weighted by Crippen LogP contribution is -2.29. The molecule has 4 aromatic rings. The number of anilines is 1. The molecule has 1 aliphatic rings. The second-order valence-electron chi connectivity index (χ2n) is 7.99. The summed E-state index contributed by atoms with van der Waals surface area (Å²) in [6, 6.07) is 5.76. The third kappa shape index (κ3) is 3.83. The Bertz CT molecular complexity index is 1230. The van der Waals surface area contributed by atoms with Crippen LogP contribution >= 0.6 is 0 Å². The van der Waals surface area contributed by atoms with E-state index in [1.54, 1.807) is 23.7 Å². The predicted molar refractivity (Wildman–Crippen MR) is 112 cm³/mol. The first-order valence-corrected chi connectivity index (χ1v) is 10.4. The van der Waals surface area contributed by atoms with Crippen LogP contribution in [0.4, 0.5) is 14.7 Å². The zero-order valence-corrected chi connectivity index (χ0v) is 17.0. The lowest BCUT2D eigenvalue weighted by molar-refractivity contribution is 0.125. The number of alkyl halides is 2. The summed E-state index contributed by atoms with van der Waals surface area (Å²) >= 11 is 0. The number of fused-ring (bicyclic) bond motifs is 2. The Balaban J connectivity index is 1.45. The third-order valence-corrected chi connectivity index (χ3v) is 5.83. The van der Waals surface area contributed by atoms with Gasteiger partial charge in [0.1, 0.15) is 11.3 Å². The highest BCUT2D eigenvalue weighted by atomic mass is 19.3. The summed E-state index contributed by atoms with van der Waals surface area (Å²) in [5.41, 5.74) is 3.26. The van der Waals surface area contributed by atoms with E-state index in [-0.39, 0.29) is 12.1 Å². The molecule has 0 unspecified atom stereocenters. The highest BCUT2D eigenvalue weighted by Gasteiger charge is 2.20. The largest absolute Gasteiger partial charge is 0.393 e. The summed E-state index contributed by atoms with van der Waals surface area (Å²) in [6.45, 7) is 1.26. The first-order chi connectivity index (χ1) is 15.0. The van der Waals surface area contributed by atoms with Gasteiger partial charge < -0.3 is 15.0 Å². The van der Waals surface area contributed by atoms with Gasteiger partial charge in [-0.1, -0.05) is 0 Å². The quantitative estimate of drug-likeness (QED) is 0.507. The van der Waals surface area contributed by atoms with E-state index >= 15 is 0 Å². The maximum absolute atomic E-state index is 13.0. The van der Waals surface area contributed by atoms with Crippen LogP contribution in [0, 0.1) is 6.92 Å². The maximum Gasteiger partial charge on any atom is 0.256 e. The topological polar surface area (TPSA) is 93.2 Å². The zero-order valence-electron chi connectivity index (χ0n) is 17.0. The number of aliphatic hydroxyl groups is 1. The van der Waals surface area contributed by atoms with E-state index in [0.29, 0.717) is 28.6 Å². The number of hydrogen-bond donors (Lipinski definition) is 2. The summed E-state index contributed by atoms with van der Waals surface area (Å²) in [5, 5.41) is 17.5. The first-order valence-electron chi connectivity index (χ1n) is 10.4. The summed E-state index contributed by atoms with van der Waals surface area (Å²) in [6.07, 6.45) is 4.20. The summed E-state index contributed by atoms with van der Waals surface area (Å²) in [4.78, 5) is 13.4. The molecule has 31 heavy (non-hydrogen) atoms. The molecule has 0 saturated heterocycles. The smallest absolute Gasteiger partial charge is 0.256 e. The van der Waals surface area contributed by atoms with Gasteiger partial charge in [0, 0.05) is 17.8 Å². The molecule has 4 aromatic heterocycles. The molecule has 5 rings (SSSR count). The van der Waals surface area contributed by atoms with Gasteiger partial charge >= 0.3 is 0 Å². The van der Waals surface area contributed by atoms with Crippen molar-refractivity contribution >= 4 is 22.6 Å². The van der Waals surface area contributed by atoms with Crippen molar-refractivity contribution in [2.75, 3.05) is 5.32 Å². The Kier molecular flexibility index (Phi) is 5.01. The summed E-state index contributed by atoms with van der Waals surface area (Å²) in [5.74, 6) is 1.04. The number of aliphatic hydroxyl groups excluding tert-OH is 1. The SMILES string of the molecule is Cc1nc2ccc(-c3ccn4nc(N[C@H]5CC[C@@H](O)CC5)ncc34)nc2n1CC(F)F. The molecule has 1 fully saturated rings. The minimum atomic E-state index is -2.48. The lowest BCUT2D eigenvalue weighted by Gasteiger charge is -2.26. The number of aryl methyl sites for hydroxylation is 1. The number of halogens is 2. The minimum Gasteiger partial charge on any atom is -0.393 e. The molecular weight excluding hydrogens is 404 g/mol. The van der Waals surface area contributed by atoms with Crippen molar-refractivity contribution in [1.29, 1.82) is 0 Å². The number of hydrogen-bond acceptors (Lipinski definition) is 6. The molecule has 1 aliphatic carbocycles. The fourth-order valence-corrected chi connectivity index (χ4v) is 4.21. The van der Waals surface area contributed by atoms with Crippen molar-refractivity contribution in [3.8, 4) is 11.3 Å². The number of imidazole rings is 1. The highest BCUT2D eigenvalue weighted by molar-refractivity contribution is 5.82. The van der Waals surface area contributed by atoms with Gasteiger partial charge in [0.05, 0.1) is 30.1 Å². The van der Waals surface area contributed by atoms with Crippen molar-refractivity contribution in [1.82, 2.24) is 29.1 Å². The average Bonchev–Trinajstić information content (AvgIpc) is 3.30. The van der Waals surface area contributed by atoms with Crippen molar-refractivity contribution in [3.05, 3.63) is 36.4 Å². The van der Waals surface area contributed by atoms with Crippen LogP contribution in [-0.4, -0.2) is 52.8 Å². The molecule has 10 heteroatoms. The highest BCUT2D eigenvalue weighted by Crippen LogP contribution is 2.27. The van der Waals surface area contributed by atoms with Gasteiger partial charge in [0.2, 0.25) is 5.95 Å². The normalized spacial score (nSPS) is 19.5. The Morgan fingerprint density at radius 3 is 2.74 bits per heavy atom. The van der Waals surface area contributed by atoms with E-state index in [9.17, 15) is 13.9 Å². The van der Waals surface area contributed by atoms with Crippen LogP contribution in [-0.2, 0) is 6.54 Å². The van der Waals surface area contributed by atoms with E-state index in [2.05, 4.69) is 25.4 Å². The molecule has 0 atom stereocenters. The number of pyridine rings is 1. The van der Waals surface area contributed by atoms with Crippen molar-refractivity contribution < 1.29 is 13.9 Å². The summed E-state index contributed by atoms with van der Waals surface area (Å²) in [7, 11) is 0. The summed E-state index contributed by atoms with van der Waals surface area (Å²) < 4.78 is 29.2. The average molecular weight is 427 g/mol. The molecular formula is C21H23F2N7O. The molecule has 0 amide bonds. The van der Waals surface area contributed by atoms with Crippen molar-refractivity contribution in [2.45, 2.75) is 57.7 Å². The molecule has 2 N–H and O–H groups in total. The second kappa shape index (κ2) is 7.84. The van der Waals surface area contributed by atoms with Gasteiger partial charge in [-0.25, -0.2) is 28.2 Å². The molecule has 162 valence electrons. The van der Waals surface area contributed by atoms with Crippen molar-refractivity contribution in [3.63, 3.8) is 0 Å². The van der Waals surface area contributed by atoms with Gasteiger partial charge in [-0.3, -0.25) is 0 Å². The molecule has 1 saturated carbocycles. The van der Waals surface area contributed by atoms with Gasteiger partial charge in [0.25, 0.3) is 6.43 Å². The number of nitrogens with zero attached hydrogens (tertiary/aromatic N) is 6. The van der Waals surface area contributed by atoms with Gasteiger partial charge in [-0.05, 0) is 50.8 Å². The van der Waals surface area contributed by atoms with Crippen LogP contribution < -0.4 is 5.32 Å². The molecule has 0 radical (unpaired) electrons. The predicted octanol–water partition coefficient (Wildman–Crippen LogP) is 3.43. The van der Waals surface area contributed by atoms with Crippen LogP contribution in [0.5, 0.6) is 0 Å². The molecule has 8 nitrogen and oxygen atoms in total. The Morgan fingerprint density at radius 1 is 1.16 bits per heavy atom. The van der Waals surface area contributed by atoms with E-state index in [1.807, 2.05) is 18.3 Å².